The van der Waals surface area contributed by atoms with Crippen LogP contribution in [0.2, 0.25) is 0 Å². The van der Waals surface area contributed by atoms with Crippen molar-refractivity contribution in [1.29, 1.82) is 0 Å². The lowest BCUT2D eigenvalue weighted by Gasteiger charge is -2.49. The summed E-state index contributed by atoms with van der Waals surface area (Å²) in [6, 6.07) is 78.1. The zero-order chi connectivity index (χ0) is 43.4. The van der Waals surface area contributed by atoms with Gasteiger partial charge in [0.25, 0.3) is 0 Å². The molecule has 4 aliphatic rings. The molecule has 1 atom stereocenters. The number of allylic oxidation sites excluding steroid dienone is 4. The molecule has 9 aromatic carbocycles. The van der Waals surface area contributed by atoms with Crippen LogP contribution in [0.1, 0.15) is 57.3 Å². The van der Waals surface area contributed by atoms with Gasteiger partial charge in [-0.25, -0.2) is 15.0 Å². The fraction of sp³-hybridized carbons (Fsp3) is 0.0635. The molecule has 3 nitrogen and oxygen atoms in total. The van der Waals surface area contributed by atoms with Crippen LogP contribution in [0.15, 0.2) is 230 Å². The summed E-state index contributed by atoms with van der Waals surface area (Å²) in [7, 11) is 0. The van der Waals surface area contributed by atoms with Gasteiger partial charge < -0.3 is 0 Å². The van der Waals surface area contributed by atoms with E-state index in [1.807, 2.05) is 36.4 Å². The Morgan fingerprint density at radius 3 is 1.53 bits per heavy atom. The number of aromatic nitrogens is 3. The van der Waals surface area contributed by atoms with Gasteiger partial charge in [-0.1, -0.05) is 212 Å². The van der Waals surface area contributed by atoms with Gasteiger partial charge in [0.05, 0.1) is 10.8 Å². The fourth-order valence-corrected chi connectivity index (χ4v) is 12.4. The molecule has 1 unspecified atom stereocenters. The number of hydrogen-bond acceptors (Lipinski definition) is 3. The van der Waals surface area contributed by atoms with Gasteiger partial charge in [-0.2, -0.15) is 0 Å². The molecule has 0 radical (unpaired) electrons. The van der Waals surface area contributed by atoms with Crippen LogP contribution in [-0.2, 0) is 10.8 Å². The van der Waals surface area contributed by atoms with Crippen LogP contribution >= 0.6 is 0 Å². The summed E-state index contributed by atoms with van der Waals surface area (Å²) in [6.07, 6.45) is 6.93. The van der Waals surface area contributed by atoms with Crippen molar-refractivity contribution in [3.8, 4) is 56.4 Å². The van der Waals surface area contributed by atoms with Crippen LogP contribution in [0.4, 0.5) is 0 Å². The first kappa shape index (κ1) is 37.1. The van der Waals surface area contributed by atoms with E-state index in [4.69, 9.17) is 15.0 Å². The van der Waals surface area contributed by atoms with E-state index in [-0.39, 0.29) is 0 Å². The Hall–Kier alpha value is -8.27. The summed E-state index contributed by atoms with van der Waals surface area (Å²) in [6.45, 7) is 0. The van der Waals surface area contributed by atoms with E-state index in [9.17, 15) is 0 Å². The third-order valence-corrected chi connectivity index (χ3v) is 14.9. The molecular weight excluding hydrogens is 799 g/mol. The predicted molar refractivity (Wildman–Crippen MR) is 268 cm³/mol. The number of hydrogen-bond donors (Lipinski definition) is 0. The highest BCUT2D eigenvalue weighted by Gasteiger charge is 2.59. The Kier molecular flexibility index (Phi) is 7.94. The molecule has 1 heterocycles. The lowest BCUT2D eigenvalue weighted by atomic mass is 9.51. The van der Waals surface area contributed by atoms with Gasteiger partial charge in [-0.05, 0) is 108 Å². The average Bonchev–Trinajstić information content (AvgIpc) is 3.86. The maximum absolute atomic E-state index is 5.33. The lowest BCUT2D eigenvalue weighted by molar-refractivity contribution is 0.629. The highest BCUT2D eigenvalue weighted by atomic mass is 15.0. The number of benzene rings is 9. The Morgan fingerprint density at radius 2 is 0.864 bits per heavy atom. The zero-order valence-electron chi connectivity index (χ0n) is 36.1. The van der Waals surface area contributed by atoms with E-state index in [0.717, 1.165) is 51.4 Å². The topological polar surface area (TPSA) is 38.7 Å². The van der Waals surface area contributed by atoms with Gasteiger partial charge >= 0.3 is 0 Å². The first-order chi connectivity index (χ1) is 32.7. The summed E-state index contributed by atoms with van der Waals surface area (Å²) in [5.74, 6) is 1.93. The minimum atomic E-state index is -0.601. The first-order valence-electron chi connectivity index (χ1n) is 23.1. The number of nitrogens with zero attached hydrogens (tertiary/aromatic N) is 3. The molecule has 3 heteroatoms. The van der Waals surface area contributed by atoms with Crippen LogP contribution < -0.4 is 0 Å². The first-order valence-corrected chi connectivity index (χ1v) is 23.1. The van der Waals surface area contributed by atoms with Crippen molar-refractivity contribution in [2.45, 2.75) is 23.7 Å². The third-order valence-electron chi connectivity index (χ3n) is 14.9. The molecule has 4 aliphatic carbocycles. The highest BCUT2D eigenvalue weighted by molar-refractivity contribution is 6.04. The molecule has 0 fully saturated rings. The van der Waals surface area contributed by atoms with Crippen LogP contribution in [0, 0.1) is 0 Å². The Labute approximate surface area is 384 Å². The Bertz CT molecular complexity index is 3610. The molecule has 0 saturated heterocycles. The average molecular weight is 840 g/mol. The fourth-order valence-electron chi connectivity index (χ4n) is 12.4. The van der Waals surface area contributed by atoms with Crippen molar-refractivity contribution in [2.24, 2.45) is 0 Å². The predicted octanol–water partition coefficient (Wildman–Crippen LogP) is 14.8. The summed E-state index contributed by atoms with van der Waals surface area (Å²) < 4.78 is 0. The van der Waals surface area contributed by atoms with E-state index in [2.05, 4.69) is 188 Å². The van der Waals surface area contributed by atoms with Gasteiger partial charge in [0, 0.05) is 22.3 Å². The molecule has 1 aromatic heterocycles. The van der Waals surface area contributed by atoms with Crippen LogP contribution in [0.5, 0.6) is 0 Å². The Balaban J connectivity index is 1.12. The van der Waals surface area contributed by atoms with Crippen LogP contribution in [0.3, 0.4) is 0 Å². The highest BCUT2D eigenvalue weighted by Crippen LogP contribution is 2.68. The van der Waals surface area contributed by atoms with Crippen molar-refractivity contribution >= 4 is 16.3 Å². The molecule has 0 aliphatic heterocycles. The van der Waals surface area contributed by atoms with Crippen molar-refractivity contribution in [1.82, 2.24) is 15.0 Å². The van der Waals surface area contributed by atoms with Gasteiger partial charge in [-0.3, -0.25) is 0 Å². The molecule has 2 spiro atoms. The molecule has 308 valence electrons. The Morgan fingerprint density at radius 1 is 0.348 bits per heavy atom. The summed E-state index contributed by atoms with van der Waals surface area (Å²) >= 11 is 0. The smallest absolute Gasteiger partial charge is 0.164 e. The number of rotatable bonds is 4. The summed E-state index contributed by atoms with van der Waals surface area (Å²) in [5.41, 5.74) is 20.1. The van der Waals surface area contributed by atoms with E-state index in [0.29, 0.717) is 17.5 Å². The zero-order valence-corrected chi connectivity index (χ0v) is 36.1. The largest absolute Gasteiger partial charge is 0.208 e. The molecule has 0 bridgehead atoms. The molecule has 0 N–H and O–H groups in total. The summed E-state index contributed by atoms with van der Waals surface area (Å²) in [5, 5.41) is 2.31. The van der Waals surface area contributed by atoms with Gasteiger partial charge in [0.1, 0.15) is 0 Å². The van der Waals surface area contributed by atoms with Crippen molar-refractivity contribution in [3.05, 3.63) is 275 Å². The molecule has 0 amide bonds. The van der Waals surface area contributed by atoms with E-state index < -0.39 is 10.8 Å². The third kappa shape index (κ3) is 4.95. The minimum absolute atomic E-state index is 0.518. The second-order valence-electron chi connectivity index (χ2n) is 18.0. The quantitative estimate of drug-likeness (QED) is 0.177. The van der Waals surface area contributed by atoms with Gasteiger partial charge in [0.2, 0.25) is 0 Å². The standard InChI is InChI=1S/C63H41N3/c1-3-20-41(21-4-1)59-64-60(42-22-5-2-6-23-42)66-61(65-59)49-37-35-40-19-7-8-24-44(40)58(49)43-36-38-56-57(39-43)63(52-31-15-11-27-47(52)48-28-12-16-32-53(48)63)55-34-18-17-33-54(55)62(56)50-29-13-9-25-45(50)46-26-10-14-30-51(46)62/h1-9,11-25,27-39H,10,26H2. The van der Waals surface area contributed by atoms with Crippen molar-refractivity contribution in [3.63, 3.8) is 0 Å². The lowest BCUT2D eigenvalue weighted by Crippen LogP contribution is -2.44. The maximum Gasteiger partial charge on any atom is 0.164 e. The second-order valence-corrected chi connectivity index (χ2v) is 18.0. The molecule has 0 saturated carbocycles. The van der Waals surface area contributed by atoms with E-state index >= 15 is 0 Å². The summed E-state index contributed by atoms with van der Waals surface area (Å²) in [4.78, 5) is 15.8. The monoisotopic (exact) mass is 839 g/mol. The van der Waals surface area contributed by atoms with Crippen LogP contribution in [-0.4, -0.2) is 15.0 Å². The number of fused-ring (bicyclic) bond motifs is 16. The van der Waals surface area contributed by atoms with Crippen molar-refractivity contribution in [2.75, 3.05) is 0 Å². The van der Waals surface area contributed by atoms with Gasteiger partial charge in [0.15, 0.2) is 17.5 Å². The molecule has 14 rings (SSSR count). The minimum Gasteiger partial charge on any atom is -0.208 e. The van der Waals surface area contributed by atoms with E-state index in [1.165, 1.54) is 66.8 Å². The SMILES string of the molecule is C1=CC2=C(CC1)c1ccccc1C21c2ccccc2C2(c3ccccc3-c3ccccc32)c2cc(-c3c(-c4nc(-c5ccccc5)nc(-c5ccccc5)n4)ccc4ccccc34)ccc21. The molecular formula is C63H41N3. The van der Waals surface area contributed by atoms with Crippen molar-refractivity contribution < 1.29 is 0 Å². The maximum atomic E-state index is 5.33. The molecule has 10 aromatic rings. The van der Waals surface area contributed by atoms with E-state index in [1.54, 1.807) is 0 Å². The van der Waals surface area contributed by atoms with Gasteiger partial charge in [-0.15, -0.1) is 0 Å². The second kappa shape index (κ2) is 14.1. The normalized spacial score (nSPS) is 16.7. The van der Waals surface area contributed by atoms with Crippen LogP contribution in [0.25, 0.3) is 72.8 Å². The molecule has 66 heavy (non-hydrogen) atoms.